The van der Waals surface area contributed by atoms with Gasteiger partial charge in [0.15, 0.2) is 0 Å². The van der Waals surface area contributed by atoms with Crippen LogP contribution in [0.3, 0.4) is 0 Å². The summed E-state index contributed by atoms with van der Waals surface area (Å²) in [4.78, 5) is 2.37. The van der Waals surface area contributed by atoms with Gasteiger partial charge in [-0.15, -0.1) is 0 Å². The molecule has 0 radical (unpaired) electrons. The highest BCUT2D eigenvalue weighted by atomic mass is 15.1. The van der Waals surface area contributed by atoms with Crippen molar-refractivity contribution in [2.75, 3.05) is 4.90 Å². The van der Waals surface area contributed by atoms with E-state index in [1.165, 1.54) is 66.4 Å². The first-order valence-electron chi connectivity index (χ1n) is 18.2. The minimum atomic E-state index is 1.10. The Balaban J connectivity index is 1.16. The van der Waals surface area contributed by atoms with Crippen LogP contribution in [-0.4, -0.2) is 0 Å². The van der Waals surface area contributed by atoms with Gasteiger partial charge in [0.2, 0.25) is 0 Å². The number of hydrogen-bond acceptors (Lipinski definition) is 1. The largest absolute Gasteiger partial charge is 0.310 e. The number of nitrogens with zero attached hydrogens (tertiary/aromatic N) is 1. The van der Waals surface area contributed by atoms with Gasteiger partial charge in [-0.25, -0.2) is 0 Å². The Hall–Kier alpha value is -6.96. The van der Waals surface area contributed by atoms with Gasteiger partial charge in [-0.2, -0.15) is 0 Å². The smallest absolute Gasteiger partial charge is 0.0467 e. The van der Waals surface area contributed by atoms with Crippen molar-refractivity contribution in [3.8, 4) is 55.6 Å². The molecule has 0 amide bonds. The van der Waals surface area contributed by atoms with E-state index in [0.717, 1.165) is 17.1 Å². The molecule has 0 N–H and O–H groups in total. The molecule has 0 aromatic heterocycles. The van der Waals surface area contributed by atoms with Crippen molar-refractivity contribution in [3.05, 3.63) is 224 Å². The molecule has 0 bridgehead atoms. The van der Waals surface area contributed by atoms with Crippen LogP contribution in [0.5, 0.6) is 0 Å². The number of anilines is 3. The van der Waals surface area contributed by atoms with Crippen LogP contribution in [0.2, 0.25) is 0 Å². The molecule has 1 nitrogen and oxygen atoms in total. The van der Waals surface area contributed by atoms with E-state index in [1.54, 1.807) is 0 Å². The molecule has 9 rings (SSSR count). The summed E-state index contributed by atoms with van der Waals surface area (Å²) in [6, 6.07) is 80.7. The van der Waals surface area contributed by atoms with Gasteiger partial charge >= 0.3 is 0 Å². The predicted octanol–water partition coefficient (Wildman–Crippen LogP) is 14.6. The molecule has 0 saturated carbocycles. The van der Waals surface area contributed by atoms with Crippen LogP contribution in [0.25, 0.3) is 66.4 Å². The highest BCUT2D eigenvalue weighted by Crippen LogP contribution is 2.42. The lowest BCUT2D eigenvalue weighted by atomic mass is 9.91. The first-order valence-corrected chi connectivity index (χ1v) is 18.2. The van der Waals surface area contributed by atoms with Crippen molar-refractivity contribution in [3.63, 3.8) is 0 Å². The molecule has 0 atom stereocenters. The van der Waals surface area contributed by atoms with Crippen LogP contribution in [0, 0.1) is 0 Å². The van der Waals surface area contributed by atoms with Gasteiger partial charge in [-0.1, -0.05) is 188 Å². The summed E-state index contributed by atoms with van der Waals surface area (Å²) >= 11 is 0. The molecule has 0 spiro atoms. The van der Waals surface area contributed by atoms with E-state index in [-0.39, 0.29) is 0 Å². The van der Waals surface area contributed by atoms with Gasteiger partial charge in [0.1, 0.15) is 0 Å². The zero-order valence-corrected chi connectivity index (χ0v) is 29.3. The lowest BCUT2D eigenvalue weighted by molar-refractivity contribution is 1.28. The Morgan fingerprint density at radius 2 is 0.604 bits per heavy atom. The van der Waals surface area contributed by atoms with Crippen LogP contribution in [0.15, 0.2) is 224 Å². The topological polar surface area (TPSA) is 3.24 Å². The summed E-state index contributed by atoms with van der Waals surface area (Å²) < 4.78 is 0. The van der Waals surface area contributed by atoms with Gasteiger partial charge < -0.3 is 4.90 Å². The summed E-state index contributed by atoms with van der Waals surface area (Å²) in [7, 11) is 0. The molecule has 0 aliphatic rings. The summed E-state index contributed by atoms with van der Waals surface area (Å²) in [5, 5.41) is 2.49. The highest BCUT2D eigenvalue weighted by Gasteiger charge is 2.17. The maximum Gasteiger partial charge on any atom is 0.0467 e. The minimum Gasteiger partial charge on any atom is -0.310 e. The monoisotopic (exact) mass is 675 g/mol. The zero-order valence-electron chi connectivity index (χ0n) is 29.3. The predicted molar refractivity (Wildman–Crippen MR) is 226 cm³/mol. The Morgan fingerprint density at radius 1 is 0.226 bits per heavy atom. The van der Waals surface area contributed by atoms with E-state index >= 15 is 0 Å². The Morgan fingerprint density at radius 3 is 1.17 bits per heavy atom. The molecule has 1 heteroatoms. The van der Waals surface area contributed by atoms with E-state index in [2.05, 4.69) is 229 Å². The average molecular weight is 676 g/mol. The van der Waals surface area contributed by atoms with E-state index in [0.29, 0.717) is 0 Å². The van der Waals surface area contributed by atoms with Crippen molar-refractivity contribution in [1.82, 2.24) is 0 Å². The lowest BCUT2D eigenvalue weighted by Gasteiger charge is -2.27. The number of rotatable bonds is 8. The number of hydrogen-bond donors (Lipinski definition) is 0. The second kappa shape index (κ2) is 14.3. The van der Waals surface area contributed by atoms with Gasteiger partial charge in [-0.3, -0.25) is 0 Å². The minimum absolute atomic E-state index is 1.10. The molecule has 0 fully saturated rings. The third kappa shape index (κ3) is 6.42. The molecule has 9 aromatic carbocycles. The van der Waals surface area contributed by atoms with Crippen LogP contribution >= 0.6 is 0 Å². The van der Waals surface area contributed by atoms with Crippen LogP contribution in [-0.2, 0) is 0 Å². The van der Waals surface area contributed by atoms with Gasteiger partial charge in [0.05, 0.1) is 0 Å². The van der Waals surface area contributed by atoms with Crippen LogP contribution in [0.4, 0.5) is 17.1 Å². The standard InChI is InChI=1S/C52H37N/c1-4-15-38(16-5-1)39-29-33-45(34-30-39)53(46-35-31-42(32-36-46)49-26-11-10-25-48(49)40-17-6-2-7-18-40)47-24-12-23-44(37-47)51-28-14-22-43-21-13-27-50(52(43)51)41-19-8-3-9-20-41/h1-37H. The Labute approximate surface area is 311 Å². The normalized spacial score (nSPS) is 11.0. The molecule has 9 aromatic rings. The second-order valence-electron chi connectivity index (χ2n) is 13.3. The van der Waals surface area contributed by atoms with Crippen molar-refractivity contribution >= 4 is 27.8 Å². The summed E-state index contributed by atoms with van der Waals surface area (Å²) in [6.07, 6.45) is 0. The maximum atomic E-state index is 2.37. The van der Waals surface area contributed by atoms with E-state index < -0.39 is 0 Å². The Bertz CT molecular complexity index is 2620. The quantitative estimate of drug-likeness (QED) is 0.155. The van der Waals surface area contributed by atoms with Crippen LogP contribution < -0.4 is 4.90 Å². The Kier molecular flexibility index (Phi) is 8.66. The maximum absolute atomic E-state index is 2.37. The summed E-state index contributed by atoms with van der Waals surface area (Å²) in [6.45, 7) is 0. The number of benzene rings is 9. The van der Waals surface area contributed by atoms with Crippen molar-refractivity contribution in [2.45, 2.75) is 0 Å². The van der Waals surface area contributed by atoms with Gasteiger partial charge in [0, 0.05) is 17.1 Å². The molecule has 0 heterocycles. The molecule has 53 heavy (non-hydrogen) atoms. The van der Waals surface area contributed by atoms with E-state index in [9.17, 15) is 0 Å². The average Bonchev–Trinajstić information content (AvgIpc) is 3.25. The zero-order chi connectivity index (χ0) is 35.4. The fraction of sp³-hybridized carbons (Fsp3) is 0. The highest BCUT2D eigenvalue weighted by molar-refractivity contribution is 6.06. The van der Waals surface area contributed by atoms with Crippen LogP contribution in [0.1, 0.15) is 0 Å². The fourth-order valence-corrected chi connectivity index (χ4v) is 7.53. The van der Waals surface area contributed by atoms with Crippen molar-refractivity contribution < 1.29 is 0 Å². The molecular weight excluding hydrogens is 639 g/mol. The molecular formula is C52H37N. The van der Waals surface area contributed by atoms with E-state index in [1.807, 2.05) is 0 Å². The van der Waals surface area contributed by atoms with Crippen molar-refractivity contribution in [2.24, 2.45) is 0 Å². The lowest BCUT2D eigenvalue weighted by Crippen LogP contribution is -2.10. The molecule has 0 aliphatic carbocycles. The third-order valence-electron chi connectivity index (χ3n) is 10.1. The fourth-order valence-electron chi connectivity index (χ4n) is 7.53. The third-order valence-corrected chi connectivity index (χ3v) is 10.1. The van der Waals surface area contributed by atoms with E-state index in [4.69, 9.17) is 0 Å². The molecule has 0 saturated heterocycles. The molecule has 250 valence electrons. The van der Waals surface area contributed by atoms with Gasteiger partial charge in [0.25, 0.3) is 0 Å². The van der Waals surface area contributed by atoms with Crippen molar-refractivity contribution in [1.29, 1.82) is 0 Å². The first kappa shape index (κ1) is 32.0. The SMILES string of the molecule is c1ccc(-c2ccc(N(c3ccc(-c4ccccc4-c4ccccc4)cc3)c3cccc(-c4cccc5cccc(-c6ccccc6)c45)c3)cc2)cc1. The summed E-state index contributed by atoms with van der Waals surface area (Å²) in [5.74, 6) is 0. The first-order chi connectivity index (χ1) is 26.3. The molecule has 0 aliphatic heterocycles. The second-order valence-corrected chi connectivity index (χ2v) is 13.3. The molecule has 0 unspecified atom stereocenters. The van der Waals surface area contributed by atoms with Gasteiger partial charge in [-0.05, 0) is 103 Å². The number of fused-ring (bicyclic) bond motifs is 1. The summed E-state index contributed by atoms with van der Waals surface area (Å²) in [5.41, 5.74) is 15.4.